The molecule has 8 aromatic rings. The third-order valence-corrected chi connectivity index (χ3v) is 11.5. The summed E-state index contributed by atoms with van der Waals surface area (Å²) >= 11 is 0. The topological polar surface area (TPSA) is 66.4 Å². The van der Waals surface area contributed by atoms with Crippen LogP contribution < -0.4 is 9.80 Å². The minimum atomic E-state index is -3.91. The van der Waals surface area contributed by atoms with E-state index in [4.69, 9.17) is 9.97 Å². The van der Waals surface area contributed by atoms with Gasteiger partial charge in [-0.15, -0.1) is 0 Å². The van der Waals surface area contributed by atoms with Gasteiger partial charge in [-0.1, -0.05) is 121 Å². The molecule has 0 radical (unpaired) electrons. The van der Waals surface area contributed by atoms with Gasteiger partial charge in [0, 0.05) is 33.8 Å². The van der Waals surface area contributed by atoms with Crippen molar-refractivity contribution in [3.05, 3.63) is 170 Å². The van der Waals surface area contributed by atoms with Crippen LogP contribution in [0.5, 0.6) is 0 Å². The van der Waals surface area contributed by atoms with E-state index in [1.165, 1.54) is 0 Å². The summed E-state index contributed by atoms with van der Waals surface area (Å²) in [6.45, 7) is 0. The van der Waals surface area contributed by atoms with Crippen LogP contribution in [0.25, 0.3) is 44.5 Å². The number of para-hydroxylation sites is 2. The smallest absolute Gasteiger partial charge is 0.210 e. The molecule has 0 fully saturated rings. The van der Waals surface area contributed by atoms with Crippen LogP contribution in [-0.4, -0.2) is 18.4 Å². The van der Waals surface area contributed by atoms with Crippen LogP contribution in [-0.2, 0) is 9.84 Å². The summed E-state index contributed by atoms with van der Waals surface area (Å²) in [5.41, 5.74) is 8.30. The van der Waals surface area contributed by atoms with Gasteiger partial charge in [0.1, 0.15) is 5.82 Å². The van der Waals surface area contributed by atoms with Crippen LogP contribution in [0.15, 0.2) is 180 Å². The Morgan fingerprint density at radius 2 is 1.10 bits per heavy atom. The number of anilines is 6. The second kappa shape index (κ2) is 11.2. The lowest BCUT2D eigenvalue weighted by Gasteiger charge is -2.37. The number of benzene rings is 7. The van der Waals surface area contributed by atoms with Gasteiger partial charge in [-0.05, 0) is 53.4 Å². The highest BCUT2D eigenvalue weighted by Crippen LogP contribution is 2.56. The van der Waals surface area contributed by atoms with E-state index in [1.54, 1.807) is 12.1 Å². The second-order valence-electron chi connectivity index (χ2n) is 12.7. The van der Waals surface area contributed by atoms with E-state index in [2.05, 4.69) is 40.1 Å². The Bertz CT molecular complexity index is 2710. The molecular weight excluding hydrogens is 649 g/mol. The fourth-order valence-corrected chi connectivity index (χ4v) is 9.07. The maximum Gasteiger partial charge on any atom is 0.210 e. The van der Waals surface area contributed by atoms with Crippen LogP contribution >= 0.6 is 0 Å². The van der Waals surface area contributed by atoms with Gasteiger partial charge in [0.05, 0.1) is 38.2 Å². The molecule has 2 aliphatic heterocycles. The highest BCUT2D eigenvalue weighted by Gasteiger charge is 2.38. The Balaban J connectivity index is 1.30. The van der Waals surface area contributed by atoms with E-state index in [0.29, 0.717) is 23.0 Å². The molecule has 0 unspecified atom stereocenters. The van der Waals surface area contributed by atoms with Crippen molar-refractivity contribution in [3.8, 4) is 33.8 Å². The predicted octanol–water partition coefficient (Wildman–Crippen LogP) is 11.0. The number of rotatable bonds is 4. The average Bonchev–Trinajstić information content (AvgIpc) is 3.19. The zero-order valence-corrected chi connectivity index (χ0v) is 28.0. The van der Waals surface area contributed by atoms with Gasteiger partial charge >= 0.3 is 0 Å². The second-order valence-corrected chi connectivity index (χ2v) is 14.5. The van der Waals surface area contributed by atoms with E-state index in [9.17, 15) is 8.42 Å². The van der Waals surface area contributed by atoms with Crippen LogP contribution in [0.1, 0.15) is 0 Å². The summed E-state index contributed by atoms with van der Waals surface area (Å²) in [5.74, 6) is 1.22. The van der Waals surface area contributed by atoms with Crippen LogP contribution in [0.2, 0.25) is 0 Å². The molecule has 7 aromatic carbocycles. The van der Waals surface area contributed by atoms with Crippen molar-refractivity contribution in [2.45, 2.75) is 9.79 Å². The molecule has 0 saturated carbocycles. The van der Waals surface area contributed by atoms with Crippen molar-refractivity contribution in [2.75, 3.05) is 9.80 Å². The van der Waals surface area contributed by atoms with Crippen molar-refractivity contribution in [3.63, 3.8) is 0 Å². The number of nitrogens with zero attached hydrogens (tertiary/aromatic N) is 4. The van der Waals surface area contributed by atoms with Crippen molar-refractivity contribution in [1.82, 2.24) is 9.97 Å². The summed E-state index contributed by atoms with van der Waals surface area (Å²) in [5, 5.41) is 2.15. The minimum Gasteiger partial charge on any atom is -0.308 e. The molecule has 6 nitrogen and oxygen atoms in total. The quantitative estimate of drug-likeness (QED) is 0.185. The van der Waals surface area contributed by atoms with Crippen molar-refractivity contribution < 1.29 is 8.42 Å². The summed E-state index contributed by atoms with van der Waals surface area (Å²) < 4.78 is 29.3. The summed E-state index contributed by atoms with van der Waals surface area (Å²) in [7, 11) is -3.91. The maximum atomic E-state index is 14.6. The molecule has 0 atom stereocenters. The summed E-state index contributed by atoms with van der Waals surface area (Å²) in [6.07, 6.45) is 0. The molecule has 3 heterocycles. The lowest BCUT2D eigenvalue weighted by Crippen LogP contribution is -2.24. The van der Waals surface area contributed by atoms with E-state index in [0.717, 1.165) is 55.8 Å². The molecule has 242 valence electrons. The van der Waals surface area contributed by atoms with Crippen molar-refractivity contribution in [2.24, 2.45) is 0 Å². The fourth-order valence-electron chi connectivity index (χ4n) is 7.45. The molecule has 0 aliphatic carbocycles. The Hall–Kier alpha value is -6.57. The average molecular weight is 677 g/mol. The molecule has 0 bridgehead atoms. The zero-order valence-electron chi connectivity index (χ0n) is 27.2. The van der Waals surface area contributed by atoms with E-state index in [-0.39, 0.29) is 9.79 Å². The fraction of sp³-hybridized carbons (Fsp3) is 0. The first kappa shape index (κ1) is 29.4. The van der Waals surface area contributed by atoms with Gasteiger partial charge in [-0.3, -0.25) is 4.90 Å². The summed E-state index contributed by atoms with van der Waals surface area (Å²) in [6, 6.07) is 55.6. The molecule has 7 heteroatoms. The third-order valence-electron chi connectivity index (χ3n) is 9.72. The standard InChI is InChI=1S/C44H28N4O2S/c49-51(50)40-25-11-10-23-36(40)47(32-20-8-3-9-21-32)39-26-34-33-22-12-18-30-19-13-24-37(43(30)33)48(38(34)28-41(39)51)42-27-35(29-14-4-1-5-15-29)45-44(46-42)31-16-6-2-7-17-31/h1-28H. The van der Waals surface area contributed by atoms with Gasteiger partial charge in [-0.25, -0.2) is 18.4 Å². The number of hydrogen-bond donors (Lipinski definition) is 0. The molecule has 0 N–H and O–H groups in total. The number of sulfone groups is 1. The molecule has 1 aromatic heterocycles. The molecule has 0 spiro atoms. The summed E-state index contributed by atoms with van der Waals surface area (Å²) in [4.78, 5) is 14.9. The van der Waals surface area contributed by atoms with E-state index >= 15 is 0 Å². The SMILES string of the molecule is O=S1(=O)c2ccccc2N(c2ccccc2)c2cc3c(cc21)N(c1cc(-c2ccccc2)nc(-c2ccccc2)n1)c1cccc2cccc-3c12. The Labute approximate surface area is 295 Å². The molecule has 0 amide bonds. The van der Waals surface area contributed by atoms with E-state index < -0.39 is 9.84 Å². The highest BCUT2D eigenvalue weighted by atomic mass is 32.2. The molecular formula is C44H28N4O2S. The maximum absolute atomic E-state index is 14.6. The third kappa shape index (κ3) is 4.52. The van der Waals surface area contributed by atoms with Gasteiger partial charge in [0.15, 0.2) is 5.82 Å². The van der Waals surface area contributed by atoms with Crippen LogP contribution in [0.3, 0.4) is 0 Å². The largest absolute Gasteiger partial charge is 0.308 e. The first-order chi connectivity index (χ1) is 25.1. The Morgan fingerprint density at radius 1 is 0.451 bits per heavy atom. The minimum absolute atomic E-state index is 0.237. The molecule has 2 aliphatic rings. The van der Waals surface area contributed by atoms with Crippen LogP contribution in [0.4, 0.5) is 34.3 Å². The van der Waals surface area contributed by atoms with Crippen molar-refractivity contribution in [1.29, 1.82) is 0 Å². The molecule has 51 heavy (non-hydrogen) atoms. The first-order valence-corrected chi connectivity index (χ1v) is 18.2. The molecule has 0 saturated heterocycles. The molecule has 10 rings (SSSR count). The van der Waals surface area contributed by atoms with Gasteiger partial charge in [0.25, 0.3) is 0 Å². The zero-order chi connectivity index (χ0) is 34.1. The van der Waals surface area contributed by atoms with Gasteiger partial charge in [0.2, 0.25) is 9.84 Å². The van der Waals surface area contributed by atoms with Gasteiger partial charge in [-0.2, -0.15) is 0 Å². The normalized spacial score (nSPS) is 13.7. The predicted molar refractivity (Wildman–Crippen MR) is 204 cm³/mol. The lowest BCUT2D eigenvalue weighted by atomic mass is 9.90. The number of hydrogen-bond acceptors (Lipinski definition) is 6. The monoisotopic (exact) mass is 676 g/mol. The Kier molecular flexibility index (Phi) is 6.47. The first-order valence-electron chi connectivity index (χ1n) is 16.8. The number of aromatic nitrogens is 2. The number of fused-ring (bicyclic) bond motifs is 4. The lowest BCUT2D eigenvalue weighted by molar-refractivity contribution is 0.595. The van der Waals surface area contributed by atoms with Crippen LogP contribution in [0, 0.1) is 0 Å². The van der Waals surface area contributed by atoms with Gasteiger partial charge < -0.3 is 4.90 Å². The highest BCUT2D eigenvalue weighted by molar-refractivity contribution is 7.92. The van der Waals surface area contributed by atoms with E-state index in [1.807, 2.05) is 127 Å². The van der Waals surface area contributed by atoms with Crippen molar-refractivity contribution >= 4 is 54.9 Å². The Morgan fingerprint density at radius 3 is 1.86 bits per heavy atom.